The smallest absolute Gasteiger partial charge is 0.227 e. The molecule has 0 fully saturated rings. The minimum Gasteiger partial charge on any atom is -0.493 e. The Hall–Kier alpha value is -3.41. The van der Waals surface area contributed by atoms with Crippen molar-refractivity contribution >= 4 is 17.4 Å². The number of carbonyl (C=O) groups is 1. The van der Waals surface area contributed by atoms with Crippen LogP contribution in [0.15, 0.2) is 42.5 Å². The lowest BCUT2D eigenvalue weighted by Crippen LogP contribution is -2.23. The average Bonchev–Trinajstić information content (AvgIpc) is 2.72. The van der Waals surface area contributed by atoms with Gasteiger partial charge < -0.3 is 14.8 Å². The maximum atomic E-state index is 12.9. The summed E-state index contributed by atoms with van der Waals surface area (Å²) in [5, 5.41) is 3.27. The van der Waals surface area contributed by atoms with Crippen LogP contribution in [0.25, 0.3) is 0 Å². The number of hydrogen-bond acceptors (Lipinski definition) is 6. The van der Waals surface area contributed by atoms with Gasteiger partial charge in [-0.2, -0.15) is 0 Å². The molecule has 0 amide bonds. The number of aromatic nitrogens is 2. The number of ketones is 1. The van der Waals surface area contributed by atoms with Crippen LogP contribution in [-0.4, -0.2) is 30.0 Å². The van der Waals surface area contributed by atoms with E-state index in [0.717, 1.165) is 22.5 Å². The van der Waals surface area contributed by atoms with Gasteiger partial charge in [-0.05, 0) is 61.6 Å². The second kappa shape index (κ2) is 8.14. The Morgan fingerprint density at radius 1 is 0.967 bits per heavy atom. The highest BCUT2D eigenvalue weighted by Gasteiger charge is 2.30. The van der Waals surface area contributed by atoms with Crippen molar-refractivity contribution in [2.24, 2.45) is 0 Å². The van der Waals surface area contributed by atoms with Gasteiger partial charge in [-0.15, -0.1) is 0 Å². The fourth-order valence-electron chi connectivity index (χ4n) is 4.02. The molecule has 1 aromatic heterocycles. The zero-order valence-electron chi connectivity index (χ0n) is 17.7. The summed E-state index contributed by atoms with van der Waals surface area (Å²) in [7, 11) is 3.23. The average molecular weight is 403 g/mol. The van der Waals surface area contributed by atoms with E-state index >= 15 is 0 Å². The number of ether oxygens (including phenoxy) is 2. The molecule has 0 spiro atoms. The summed E-state index contributed by atoms with van der Waals surface area (Å²) in [4.78, 5) is 22.2. The number of carbonyl (C=O) groups excluding carboxylic acids is 1. The van der Waals surface area contributed by atoms with Crippen LogP contribution in [0.3, 0.4) is 0 Å². The molecular formula is C24H25N3O3. The molecule has 3 aromatic rings. The molecule has 4 rings (SSSR count). The first-order chi connectivity index (χ1) is 14.5. The van der Waals surface area contributed by atoms with Gasteiger partial charge in [0.2, 0.25) is 5.95 Å². The lowest BCUT2D eigenvalue weighted by atomic mass is 9.81. The topological polar surface area (TPSA) is 73.3 Å². The van der Waals surface area contributed by atoms with Crippen LogP contribution in [0.4, 0.5) is 11.6 Å². The number of nitrogens with one attached hydrogen (secondary N) is 1. The van der Waals surface area contributed by atoms with E-state index in [1.807, 2.05) is 56.3 Å². The van der Waals surface area contributed by atoms with E-state index in [0.29, 0.717) is 41.5 Å². The van der Waals surface area contributed by atoms with E-state index in [1.54, 1.807) is 14.2 Å². The summed E-state index contributed by atoms with van der Waals surface area (Å²) < 4.78 is 10.8. The lowest BCUT2D eigenvalue weighted by Gasteiger charge is -2.25. The summed E-state index contributed by atoms with van der Waals surface area (Å²) >= 11 is 0. The minimum atomic E-state index is 0.0333. The Balaban J connectivity index is 1.66. The van der Waals surface area contributed by atoms with Crippen LogP contribution >= 0.6 is 0 Å². The zero-order chi connectivity index (χ0) is 21.3. The molecule has 0 unspecified atom stereocenters. The number of rotatable bonds is 5. The SMILES string of the molecule is COc1ccc([C@@H]2CC(=O)c3c(C)nc(Nc4cccc(C)c4)nc3C2)cc1OC. The number of Topliss-reactive ketones (excluding diaryl/α,β-unsaturated/α-hetero) is 1. The number of benzene rings is 2. The Labute approximate surface area is 176 Å². The minimum absolute atomic E-state index is 0.0333. The summed E-state index contributed by atoms with van der Waals surface area (Å²) in [6.07, 6.45) is 1.10. The lowest BCUT2D eigenvalue weighted by molar-refractivity contribution is 0.0962. The van der Waals surface area contributed by atoms with E-state index < -0.39 is 0 Å². The highest BCUT2D eigenvalue weighted by atomic mass is 16.5. The van der Waals surface area contributed by atoms with E-state index in [2.05, 4.69) is 10.3 Å². The van der Waals surface area contributed by atoms with Crippen molar-refractivity contribution < 1.29 is 14.3 Å². The van der Waals surface area contributed by atoms with Crippen LogP contribution in [0.2, 0.25) is 0 Å². The normalized spacial score (nSPS) is 15.5. The monoisotopic (exact) mass is 403 g/mol. The molecule has 0 radical (unpaired) electrons. The number of anilines is 2. The summed E-state index contributed by atoms with van der Waals surface area (Å²) in [6.45, 7) is 3.91. The van der Waals surface area contributed by atoms with Crippen molar-refractivity contribution in [3.8, 4) is 11.5 Å². The van der Waals surface area contributed by atoms with E-state index in [9.17, 15) is 4.79 Å². The van der Waals surface area contributed by atoms with E-state index in [1.165, 1.54) is 0 Å². The number of fused-ring (bicyclic) bond motifs is 1. The summed E-state index contributed by atoms with van der Waals surface area (Å²) in [5.74, 6) is 1.96. The van der Waals surface area contributed by atoms with Crippen LogP contribution in [0.1, 0.15) is 45.2 Å². The molecule has 1 atom stereocenters. The second-order valence-electron chi connectivity index (χ2n) is 7.59. The Bertz CT molecular complexity index is 1110. The van der Waals surface area contributed by atoms with Gasteiger partial charge in [0.25, 0.3) is 0 Å². The van der Waals surface area contributed by atoms with Crippen molar-refractivity contribution in [1.82, 2.24) is 9.97 Å². The standard InChI is InChI=1S/C24H25N3O3/c1-14-6-5-7-18(10-14)26-24-25-15(2)23-19(27-24)11-17(12-20(23)28)16-8-9-21(29-3)22(13-16)30-4/h5-10,13,17H,11-12H2,1-4H3,(H,25,26,27)/t17-/m0/s1. The second-order valence-corrected chi connectivity index (χ2v) is 7.59. The molecule has 1 aliphatic carbocycles. The molecule has 2 aromatic carbocycles. The highest BCUT2D eigenvalue weighted by molar-refractivity contribution is 5.99. The first-order valence-corrected chi connectivity index (χ1v) is 9.94. The number of nitrogens with zero attached hydrogens (tertiary/aromatic N) is 2. The van der Waals surface area contributed by atoms with Crippen LogP contribution in [0, 0.1) is 13.8 Å². The quantitative estimate of drug-likeness (QED) is 0.662. The molecule has 30 heavy (non-hydrogen) atoms. The van der Waals surface area contributed by atoms with Crippen molar-refractivity contribution in [3.05, 3.63) is 70.5 Å². The molecule has 0 bridgehead atoms. The van der Waals surface area contributed by atoms with Crippen molar-refractivity contribution in [2.45, 2.75) is 32.6 Å². The van der Waals surface area contributed by atoms with E-state index in [-0.39, 0.29) is 11.7 Å². The van der Waals surface area contributed by atoms with Crippen LogP contribution in [-0.2, 0) is 6.42 Å². The molecule has 154 valence electrons. The van der Waals surface area contributed by atoms with Gasteiger partial charge in [0.15, 0.2) is 17.3 Å². The third kappa shape index (κ3) is 3.85. The fraction of sp³-hybridized carbons (Fsp3) is 0.292. The highest BCUT2D eigenvalue weighted by Crippen LogP contribution is 2.37. The van der Waals surface area contributed by atoms with Crippen LogP contribution < -0.4 is 14.8 Å². The van der Waals surface area contributed by atoms with Gasteiger partial charge >= 0.3 is 0 Å². The molecular weight excluding hydrogens is 378 g/mol. The molecule has 1 N–H and O–H groups in total. The molecule has 6 nitrogen and oxygen atoms in total. The molecule has 0 saturated heterocycles. The van der Waals surface area contributed by atoms with Crippen molar-refractivity contribution in [2.75, 3.05) is 19.5 Å². The predicted molar refractivity (Wildman–Crippen MR) is 116 cm³/mol. The largest absolute Gasteiger partial charge is 0.493 e. The maximum absolute atomic E-state index is 12.9. The maximum Gasteiger partial charge on any atom is 0.227 e. The summed E-state index contributed by atoms with van der Waals surface area (Å²) in [5.41, 5.74) is 5.27. The molecule has 1 aliphatic rings. The first-order valence-electron chi connectivity index (χ1n) is 9.94. The van der Waals surface area contributed by atoms with Crippen molar-refractivity contribution in [3.63, 3.8) is 0 Å². The molecule has 1 heterocycles. The van der Waals surface area contributed by atoms with Gasteiger partial charge in [0.1, 0.15) is 0 Å². The summed E-state index contributed by atoms with van der Waals surface area (Å²) in [6, 6.07) is 13.9. The molecule has 0 saturated carbocycles. The predicted octanol–water partition coefficient (Wildman–Crippen LogP) is 4.77. The van der Waals surface area contributed by atoms with Crippen LogP contribution in [0.5, 0.6) is 11.5 Å². The third-order valence-electron chi connectivity index (χ3n) is 5.47. The Morgan fingerprint density at radius 3 is 2.50 bits per heavy atom. The number of methoxy groups -OCH3 is 2. The molecule has 0 aliphatic heterocycles. The van der Waals surface area contributed by atoms with Gasteiger partial charge in [-0.3, -0.25) is 4.79 Å². The number of hydrogen-bond donors (Lipinski definition) is 1. The van der Waals surface area contributed by atoms with Gasteiger partial charge in [0, 0.05) is 12.1 Å². The van der Waals surface area contributed by atoms with Gasteiger partial charge in [0.05, 0.1) is 31.2 Å². The first kappa shape index (κ1) is 19.9. The zero-order valence-corrected chi connectivity index (χ0v) is 17.7. The van der Waals surface area contributed by atoms with Crippen molar-refractivity contribution in [1.29, 1.82) is 0 Å². The van der Waals surface area contributed by atoms with Gasteiger partial charge in [-0.25, -0.2) is 9.97 Å². The Morgan fingerprint density at radius 2 is 1.77 bits per heavy atom. The molecule has 6 heteroatoms. The van der Waals surface area contributed by atoms with E-state index in [4.69, 9.17) is 14.5 Å². The number of aryl methyl sites for hydroxylation is 2. The van der Waals surface area contributed by atoms with Gasteiger partial charge in [-0.1, -0.05) is 18.2 Å². The fourth-order valence-corrected chi connectivity index (χ4v) is 4.02. The third-order valence-corrected chi connectivity index (χ3v) is 5.47. The Kier molecular flexibility index (Phi) is 5.40.